The molecule has 1 fully saturated rings. The highest BCUT2D eigenvalue weighted by atomic mass is 16.5. The van der Waals surface area contributed by atoms with Crippen LogP contribution < -0.4 is 4.74 Å². The molecule has 0 radical (unpaired) electrons. The van der Waals surface area contributed by atoms with Gasteiger partial charge in [-0.2, -0.15) is 5.10 Å². The Labute approximate surface area is 229 Å². The number of carbonyl (C=O) groups is 2. The SMILES string of the molecule is COCCCC(=O)c1ccc2nn(CC3CCN(C(=O)c4ccc(Oc5ccccc5)cc4)CC3)cc2c1C. The molecule has 0 unspecified atom stereocenters. The zero-order chi connectivity index (χ0) is 27.2. The Bertz CT molecular complexity index is 1420. The van der Waals surface area contributed by atoms with Crippen LogP contribution in [0.1, 0.15) is 52.0 Å². The van der Waals surface area contributed by atoms with E-state index in [0.29, 0.717) is 30.3 Å². The van der Waals surface area contributed by atoms with Crippen LogP contribution in [-0.4, -0.2) is 53.2 Å². The Balaban J connectivity index is 1.15. The second-order valence-corrected chi connectivity index (χ2v) is 10.2. The number of para-hydroxylation sites is 1. The molecule has 0 saturated carbocycles. The number of amides is 1. The zero-order valence-corrected chi connectivity index (χ0v) is 22.6. The van der Waals surface area contributed by atoms with E-state index in [0.717, 1.165) is 66.7 Å². The van der Waals surface area contributed by atoms with Crippen molar-refractivity contribution in [1.82, 2.24) is 14.7 Å². The van der Waals surface area contributed by atoms with Crippen molar-refractivity contribution in [1.29, 1.82) is 0 Å². The fraction of sp³-hybridized carbons (Fsp3) is 0.344. The number of benzene rings is 3. The summed E-state index contributed by atoms with van der Waals surface area (Å²) in [4.78, 5) is 27.7. The number of ketones is 1. The van der Waals surface area contributed by atoms with E-state index < -0.39 is 0 Å². The fourth-order valence-electron chi connectivity index (χ4n) is 5.24. The van der Waals surface area contributed by atoms with Gasteiger partial charge in [-0.15, -0.1) is 0 Å². The van der Waals surface area contributed by atoms with Crippen LogP contribution in [0, 0.1) is 12.8 Å². The van der Waals surface area contributed by atoms with Crippen molar-refractivity contribution in [3.8, 4) is 11.5 Å². The molecule has 4 aromatic rings. The number of likely N-dealkylation sites (tertiary alicyclic amines) is 1. The van der Waals surface area contributed by atoms with Crippen molar-refractivity contribution in [2.75, 3.05) is 26.8 Å². The lowest BCUT2D eigenvalue weighted by Crippen LogP contribution is -2.39. The number of piperidine rings is 1. The molecule has 39 heavy (non-hydrogen) atoms. The monoisotopic (exact) mass is 525 g/mol. The number of nitrogens with zero attached hydrogens (tertiary/aromatic N) is 3. The van der Waals surface area contributed by atoms with E-state index in [1.54, 1.807) is 7.11 Å². The summed E-state index contributed by atoms with van der Waals surface area (Å²) in [5.74, 6) is 2.13. The van der Waals surface area contributed by atoms with Crippen LogP contribution in [0.3, 0.4) is 0 Å². The van der Waals surface area contributed by atoms with Gasteiger partial charge in [0.15, 0.2) is 5.78 Å². The van der Waals surface area contributed by atoms with Crippen LogP contribution in [-0.2, 0) is 11.3 Å². The smallest absolute Gasteiger partial charge is 0.253 e. The van der Waals surface area contributed by atoms with Gasteiger partial charge in [0, 0.05) is 62.5 Å². The number of carbonyl (C=O) groups excluding carboxylic acids is 2. The molecule has 0 bridgehead atoms. The van der Waals surface area contributed by atoms with Crippen molar-refractivity contribution >= 4 is 22.6 Å². The van der Waals surface area contributed by atoms with Gasteiger partial charge in [0.05, 0.1) is 5.52 Å². The minimum atomic E-state index is 0.0582. The summed E-state index contributed by atoms with van der Waals surface area (Å²) in [6.45, 7) is 4.85. The van der Waals surface area contributed by atoms with E-state index in [-0.39, 0.29) is 11.7 Å². The average Bonchev–Trinajstić information content (AvgIpc) is 3.38. The van der Waals surface area contributed by atoms with Gasteiger partial charge in [-0.05, 0) is 86.2 Å². The molecule has 0 atom stereocenters. The molecular weight excluding hydrogens is 490 g/mol. The minimum absolute atomic E-state index is 0.0582. The summed E-state index contributed by atoms with van der Waals surface area (Å²) in [6.07, 6.45) is 5.13. The number of rotatable bonds is 10. The van der Waals surface area contributed by atoms with Crippen molar-refractivity contribution in [3.05, 3.63) is 89.6 Å². The first-order valence-electron chi connectivity index (χ1n) is 13.6. The normalized spacial score (nSPS) is 14.1. The van der Waals surface area contributed by atoms with Gasteiger partial charge < -0.3 is 14.4 Å². The minimum Gasteiger partial charge on any atom is -0.457 e. The maximum Gasteiger partial charge on any atom is 0.253 e. The van der Waals surface area contributed by atoms with E-state index >= 15 is 0 Å². The largest absolute Gasteiger partial charge is 0.457 e. The molecule has 1 aliphatic heterocycles. The third-order valence-electron chi connectivity index (χ3n) is 7.49. The van der Waals surface area contributed by atoms with E-state index in [2.05, 4.69) is 6.20 Å². The topological polar surface area (TPSA) is 73.7 Å². The van der Waals surface area contributed by atoms with E-state index in [9.17, 15) is 9.59 Å². The van der Waals surface area contributed by atoms with Gasteiger partial charge >= 0.3 is 0 Å². The van der Waals surface area contributed by atoms with Crippen LogP contribution >= 0.6 is 0 Å². The van der Waals surface area contributed by atoms with Gasteiger partial charge in [-0.1, -0.05) is 18.2 Å². The molecule has 0 N–H and O–H groups in total. The lowest BCUT2D eigenvalue weighted by molar-refractivity contribution is 0.0681. The van der Waals surface area contributed by atoms with Crippen molar-refractivity contribution in [2.24, 2.45) is 5.92 Å². The Kier molecular flexibility index (Phi) is 8.37. The van der Waals surface area contributed by atoms with Crippen molar-refractivity contribution in [3.63, 3.8) is 0 Å². The molecular formula is C32H35N3O4. The van der Waals surface area contributed by atoms with Gasteiger partial charge in [-0.25, -0.2) is 0 Å². The number of hydrogen-bond acceptors (Lipinski definition) is 5. The second-order valence-electron chi connectivity index (χ2n) is 10.2. The summed E-state index contributed by atoms with van der Waals surface area (Å²) in [5, 5.41) is 5.80. The maximum atomic E-state index is 13.1. The lowest BCUT2D eigenvalue weighted by atomic mass is 9.96. The first kappa shape index (κ1) is 26.6. The van der Waals surface area contributed by atoms with Crippen LogP contribution in [0.4, 0.5) is 0 Å². The summed E-state index contributed by atoms with van der Waals surface area (Å²) >= 11 is 0. The summed E-state index contributed by atoms with van der Waals surface area (Å²) in [5.41, 5.74) is 3.34. The fourth-order valence-corrected chi connectivity index (χ4v) is 5.24. The molecule has 7 heteroatoms. The molecule has 1 aromatic heterocycles. The lowest BCUT2D eigenvalue weighted by Gasteiger charge is -2.32. The highest BCUT2D eigenvalue weighted by Gasteiger charge is 2.24. The molecule has 1 saturated heterocycles. The number of aromatic nitrogens is 2. The summed E-state index contributed by atoms with van der Waals surface area (Å²) < 4.78 is 12.9. The number of methoxy groups -OCH3 is 1. The number of ether oxygens (including phenoxy) is 2. The number of Topliss-reactive ketones (excluding diaryl/α,β-unsaturated/α-hetero) is 1. The average molecular weight is 526 g/mol. The van der Waals surface area contributed by atoms with Gasteiger partial charge in [0.1, 0.15) is 11.5 Å². The van der Waals surface area contributed by atoms with Crippen LogP contribution in [0.25, 0.3) is 10.9 Å². The third kappa shape index (κ3) is 6.37. The highest BCUT2D eigenvalue weighted by molar-refractivity contribution is 6.01. The molecule has 202 valence electrons. The summed E-state index contributed by atoms with van der Waals surface area (Å²) in [7, 11) is 1.65. The Morgan fingerprint density at radius 2 is 1.67 bits per heavy atom. The van der Waals surface area contributed by atoms with Crippen molar-refractivity contribution in [2.45, 2.75) is 39.2 Å². The standard InChI is InChI=1S/C32H35N3O4/c1-23-28(31(36)9-6-20-38-2)14-15-30-29(23)22-35(33-30)21-24-16-18-34(19-17-24)32(37)25-10-12-27(13-11-25)39-26-7-4-3-5-8-26/h3-5,7-8,10-15,22,24H,6,9,16-21H2,1-2H3. The molecule has 5 rings (SSSR count). The molecule has 3 aromatic carbocycles. The molecule has 1 aliphatic rings. The Morgan fingerprint density at radius 1 is 0.949 bits per heavy atom. The van der Waals surface area contributed by atoms with Gasteiger partial charge in [0.2, 0.25) is 0 Å². The van der Waals surface area contributed by atoms with Crippen LogP contribution in [0.2, 0.25) is 0 Å². The first-order valence-corrected chi connectivity index (χ1v) is 13.6. The second kappa shape index (κ2) is 12.3. The quantitative estimate of drug-likeness (QED) is 0.179. The zero-order valence-electron chi connectivity index (χ0n) is 22.6. The summed E-state index contributed by atoms with van der Waals surface area (Å²) in [6, 6.07) is 20.8. The third-order valence-corrected chi connectivity index (χ3v) is 7.49. The van der Waals surface area contributed by atoms with Crippen molar-refractivity contribution < 1.29 is 19.1 Å². The van der Waals surface area contributed by atoms with Crippen LogP contribution in [0.15, 0.2) is 72.9 Å². The number of fused-ring (bicyclic) bond motifs is 1. The molecule has 0 aliphatic carbocycles. The Morgan fingerprint density at radius 3 is 2.38 bits per heavy atom. The predicted molar refractivity (Wildman–Crippen MR) is 151 cm³/mol. The number of aryl methyl sites for hydroxylation is 1. The van der Waals surface area contributed by atoms with E-state index in [1.165, 1.54) is 0 Å². The van der Waals surface area contributed by atoms with E-state index in [1.807, 2.05) is 83.2 Å². The number of hydrogen-bond donors (Lipinski definition) is 0. The maximum absolute atomic E-state index is 13.1. The molecule has 2 heterocycles. The highest BCUT2D eigenvalue weighted by Crippen LogP contribution is 2.26. The van der Waals surface area contributed by atoms with Gasteiger partial charge in [-0.3, -0.25) is 14.3 Å². The molecule has 7 nitrogen and oxygen atoms in total. The van der Waals surface area contributed by atoms with E-state index in [4.69, 9.17) is 14.6 Å². The Hall–Kier alpha value is -3.97. The molecule has 0 spiro atoms. The van der Waals surface area contributed by atoms with Crippen LogP contribution in [0.5, 0.6) is 11.5 Å². The molecule has 1 amide bonds. The predicted octanol–water partition coefficient (Wildman–Crippen LogP) is 6.30. The van der Waals surface area contributed by atoms with Gasteiger partial charge in [0.25, 0.3) is 5.91 Å². The first-order chi connectivity index (χ1) is 19.0.